The monoisotopic (exact) mass is 339 g/mol. The van der Waals surface area contributed by atoms with E-state index < -0.39 is 0 Å². The number of hydrogen-bond acceptors (Lipinski definition) is 3. The first kappa shape index (κ1) is 17.5. The van der Waals surface area contributed by atoms with Gasteiger partial charge >= 0.3 is 0 Å². The second-order valence-corrected chi connectivity index (χ2v) is 7.46. The summed E-state index contributed by atoms with van der Waals surface area (Å²) in [4.78, 5) is 27.0. The fourth-order valence-electron chi connectivity index (χ4n) is 4.13. The Hall–Kier alpha value is -2.35. The number of carbonyl (C=O) groups excluding carboxylic acids is 2. The Labute approximate surface area is 149 Å². The SMILES string of the molecule is C[C@@H]1[C@H](C)CCC[C@H]1N1C[C@H](C(=O)Nc2cccc(C#N)c2)CC1=O. The first-order valence-electron chi connectivity index (χ1n) is 9.10. The van der Waals surface area contributed by atoms with Gasteiger partial charge in [-0.25, -0.2) is 0 Å². The molecule has 25 heavy (non-hydrogen) atoms. The topological polar surface area (TPSA) is 73.2 Å². The highest BCUT2D eigenvalue weighted by atomic mass is 16.2. The maximum atomic E-state index is 12.6. The Bertz CT molecular complexity index is 709. The van der Waals surface area contributed by atoms with Crippen molar-refractivity contribution >= 4 is 17.5 Å². The van der Waals surface area contributed by atoms with Crippen LogP contribution in [0.2, 0.25) is 0 Å². The molecular weight excluding hydrogens is 314 g/mol. The number of anilines is 1. The summed E-state index contributed by atoms with van der Waals surface area (Å²) in [5.74, 6) is 0.738. The van der Waals surface area contributed by atoms with Crippen molar-refractivity contribution < 1.29 is 9.59 Å². The minimum Gasteiger partial charge on any atom is -0.339 e. The van der Waals surface area contributed by atoms with Crippen LogP contribution in [-0.2, 0) is 9.59 Å². The van der Waals surface area contributed by atoms with Crippen molar-refractivity contribution in [2.75, 3.05) is 11.9 Å². The minimum absolute atomic E-state index is 0.0943. The Balaban J connectivity index is 1.65. The van der Waals surface area contributed by atoms with Gasteiger partial charge in [0.1, 0.15) is 0 Å². The molecule has 5 nitrogen and oxygen atoms in total. The molecule has 3 rings (SSSR count). The highest BCUT2D eigenvalue weighted by Crippen LogP contribution is 2.35. The highest BCUT2D eigenvalue weighted by Gasteiger charge is 2.41. The molecule has 2 aliphatic rings. The molecule has 1 heterocycles. The molecule has 1 aromatic carbocycles. The molecule has 0 bridgehead atoms. The standard InChI is InChI=1S/C20H25N3O2/c1-13-5-3-8-18(14(13)2)23-12-16(10-19(23)24)20(25)22-17-7-4-6-15(9-17)11-21/h4,6-7,9,13-14,16,18H,3,5,8,10,12H2,1-2H3,(H,22,25)/t13-,14-,16-,18-/m1/s1. The first-order valence-corrected chi connectivity index (χ1v) is 9.10. The van der Waals surface area contributed by atoms with Gasteiger partial charge < -0.3 is 10.2 Å². The maximum Gasteiger partial charge on any atom is 0.229 e. The molecule has 1 aliphatic heterocycles. The molecule has 0 radical (unpaired) electrons. The zero-order chi connectivity index (χ0) is 18.0. The molecule has 0 spiro atoms. The predicted octanol–water partition coefficient (Wildman–Crippen LogP) is 3.17. The Kier molecular flexibility index (Phi) is 5.08. The molecule has 2 amide bonds. The first-order chi connectivity index (χ1) is 12.0. The lowest BCUT2D eigenvalue weighted by Crippen LogP contribution is -2.45. The van der Waals surface area contributed by atoms with Gasteiger partial charge in [-0.15, -0.1) is 0 Å². The van der Waals surface area contributed by atoms with Gasteiger partial charge in [0.2, 0.25) is 11.8 Å². The van der Waals surface area contributed by atoms with Crippen LogP contribution in [0.5, 0.6) is 0 Å². The van der Waals surface area contributed by atoms with E-state index in [-0.39, 0.29) is 30.2 Å². The zero-order valence-corrected chi connectivity index (χ0v) is 14.9. The Morgan fingerprint density at radius 3 is 2.88 bits per heavy atom. The number of benzene rings is 1. The van der Waals surface area contributed by atoms with E-state index >= 15 is 0 Å². The number of hydrogen-bond donors (Lipinski definition) is 1. The van der Waals surface area contributed by atoms with Crippen molar-refractivity contribution in [2.24, 2.45) is 17.8 Å². The van der Waals surface area contributed by atoms with E-state index in [0.717, 1.165) is 12.8 Å². The lowest BCUT2D eigenvalue weighted by atomic mass is 9.77. The second-order valence-electron chi connectivity index (χ2n) is 7.46. The summed E-state index contributed by atoms with van der Waals surface area (Å²) in [5, 5.41) is 11.8. The zero-order valence-electron chi connectivity index (χ0n) is 14.9. The molecule has 1 aromatic rings. The fraction of sp³-hybridized carbons (Fsp3) is 0.550. The quantitative estimate of drug-likeness (QED) is 0.919. The molecule has 1 saturated carbocycles. The minimum atomic E-state index is -0.317. The van der Waals surface area contributed by atoms with Crippen molar-refractivity contribution in [3.8, 4) is 6.07 Å². The lowest BCUT2D eigenvalue weighted by Gasteiger charge is -2.40. The number of nitrogens with zero attached hydrogens (tertiary/aromatic N) is 2. The van der Waals surface area contributed by atoms with E-state index in [1.54, 1.807) is 24.3 Å². The van der Waals surface area contributed by atoms with Gasteiger partial charge in [-0.2, -0.15) is 5.26 Å². The van der Waals surface area contributed by atoms with Gasteiger partial charge in [0.05, 0.1) is 17.6 Å². The molecule has 5 heteroatoms. The van der Waals surface area contributed by atoms with E-state index in [0.29, 0.717) is 29.6 Å². The van der Waals surface area contributed by atoms with E-state index in [9.17, 15) is 9.59 Å². The fourth-order valence-corrected chi connectivity index (χ4v) is 4.13. The average Bonchev–Trinajstić information content (AvgIpc) is 2.99. The van der Waals surface area contributed by atoms with Crippen molar-refractivity contribution in [2.45, 2.75) is 45.6 Å². The van der Waals surface area contributed by atoms with Crippen LogP contribution in [0.3, 0.4) is 0 Å². The number of amides is 2. The summed E-state index contributed by atoms with van der Waals surface area (Å²) in [6, 6.07) is 9.17. The van der Waals surface area contributed by atoms with E-state index in [1.165, 1.54) is 6.42 Å². The van der Waals surface area contributed by atoms with Gasteiger partial charge in [0, 0.05) is 24.7 Å². The summed E-state index contributed by atoms with van der Waals surface area (Å²) < 4.78 is 0. The molecular formula is C20H25N3O2. The molecule has 4 atom stereocenters. The molecule has 0 aromatic heterocycles. The highest BCUT2D eigenvalue weighted by molar-refractivity contribution is 5.97. The van der Waals surface area contributed by atoms with Crippen LogP contribution in [0.25, 0.3) is 0 Å². The van der Waals surface area contributed by atoms with Crippen molar-refractivity contribution in [3.63, 3.8) is 0 Å². The third-order valence-electron chi connectivity index (χ3n) is 5.85. The van der Waals surface area contributed by atoms with Crippen LogP contribution < -0.4 is 5.32 Å². The number of likely N-dealkylation sites (tertiary alicyclic amines) is 1. The van der Waals surface area contributed by atoms with Crippen molar-refractivity contribution in [1.29, 1.82) is 5.26 Å². The van der Waals surface area contributed by atoms with Gasteiger partial charge in [-0.1, -0.05) is 32.8 Å². The van der Waals surface area contributed by atoms with E-state index in [4.69, 9.17) is 5.26 Å². The summed E-state index contributed by atoms with van der Waals surface area (Å²) in [5.41, 5.74) is 1.11. The number of nitriles is 1. The number of carbonyl (C=O) groups is 2. The van der Waals surface area contributed by atoms with Crippen LogP contribution in [0.15, 0.2) is 24.3 Å². The van der Waals surface area contributed by atoms with E-state index in [1.807, 2.05) is 4.90 Å². The second kappa shape index (κ2) is 7.26. The molecule has 1 N–H and O–H groups in total. The van der Waals surface area contributed by atoms with Crippen molar-refractivity contribution in [3.05, 3.63) is 29.8 Å². The summed E-state index contributed by atoms with van der Waals surface area (Å²) in [6.07, 6.45) is 3.69. The Morgan fingerprint density at radius 1 is 1.32 bits per heavy atom. The van der Waals surface area contributed by atoms with Crippen LogP contribution in [0.1, 0.15) is 45.1 Å². The normalized spacial score (nSPS) is 29.3. The van der Waals surface area contributed by atoms with Crippen LogP contribution in [0.4, 0.5) is 5.69 Å². The number of rotatable bonds is 3. The third kappa shape index (κ3) is 3.68. The maximum absolute atomic E-state index is 12.6. The molecule has 1 saturated heterocycles. The van der Waals surface area contributed by atoms with Crippen molar-refractivity contribution in [1.82, 2.24) is 4.90 Å². The Morgan fingerprint density at radius 2 is 2.12 bits per heavy atom. The molecule has 132 valence electrons. The van der Waals surface area contributed by atoms with Gasteiger partial charge in [-0.05, 0) is 36.5 Å². The van der Waals surface area contributed by atoms with Crippen LogP contribution in [0, 0.1) is 29.1 Å². The summed E-state index contributed by atoms with van der Waals surface area (Å²) >= 11 is 0. The molecule has 2 fully saturated rings. The van der Waals surface area contributed by atoms with Gasteiger partial charge in [0.15, 0.2) is 0 Å². The third-order valence-corrected chi connectivity index (χ3v) is 5.85. The molecule has 1 aliphatic carbocycles. The van der Waals surface area contributed by atoms with Gasteiger partial charge in [0.25, 0.3) is 0 Å². The molecule has 0 unspecified atom stereocenters. The number of nitrogens with one attached hydrogen (secondary N) is 1. The lowest BCUT2D eigenvalue weighted by molar-refractivity contribution is -0.131. The average molecular weight is 339 g/mol. The smallest absolute Gasteiger partial charge is 0.229 e. The summed E-state index contributed by atoms with van der Waals surface area (Å²) in [6.45, 7) is 4.98. The predicted molar refractivity (Wildman–Crippen MR) is 95.6 cm³/mol. The largest absolute Gasteiger partial charge is 0.339 e. The van der Waals surface area contributed by atoms with Crippen LogP contribution in [-0.4, -0.2) is 29.3 Å². The van der Waals surface area contributed by atoms with Gasteiger partial charge in [-0.3, -0.25) is 9.59 Å². The van der Waals surface area contributed by atoms with Crippen LogP contribution >= 0.6 is 0 Å². The van der Waals surface area contributed by atoms with E-state index in [2.05, 4.69) is 25.2 Å². The summed E-state index contributed by atoms with van der Waals surface area (Å²) in [7, 11) is 0.